The predicted molar refractivity (Wildman–Crippen MR) is 101 cm³/mol. The molecular weight excluding hydrogens is 380 g/mol. The molecule has 0 aliphatic carbocycles. The monoisotopic (exact) mass is 400 g/mol. The largest absolute Gasteiger partial charge is 0.497 e. The Labute approximate surface area is 165 Å². The molecule has 0 saturated carbocycles. The van der Waals surface area contributed by atoms with Gasteiger partial charge in [-0.3, -0.25) is 9.36 Å². The van der Waals surface area contributed by atoms with E-state index in [1.165, 1.54) is 24.3 Å². The fourth-order valence-corrected chi connectivity index (χ4v) is 3.36. The van der Waals surface area contributed by atoms with Crippen LogP contribution in [0.15, 0.2) is 36.9 Å². The van der Waals surface area contributed by atoms with Gasteiger partial charge in [-0.2, -0.15) is 0 Å². The van der Waals surface area contributed by atoms with Gasteiger partial charge in [0.05, 0.1) is 26.1 Å². The number of aliphatic hydroxyl groups excluding tert-OH is 2. The van der Waals surface area contributed by atoms with Crippen LogP contribution in [-0.4, -0.2) is 67.6 Å². The fourth-order valence-electron chi connectivity index (χ4n) is 3.36. The van der Waals surface area contributed by atoms with Gasteiger partial charge in [-0.05, 0) is 18.2 Å². The first kappa shape index (κ1) is 19.1. The van der Waals surface area contributed by atoms with Crippen LogP contribution >= 0.6 is 0 Å². The molecule has 1 saturated heterocycles. The third-order valence-electron chi connectivity index (χ3n) is 4.85. The smallest absolute Gasteiger partial charge is 0.251 e. The summed E-state index contributed by atoms with van der Waals surface area (Å²) in [5.41, 5.74) is 6.89. The van der Waals surface area contributed by atoms with E-state index in [1.807, 2.05) is 0 Å². The molecule has 1 aliphatic heterocycles. The Kier molecular flexibility index (Phi) is 5.01. The summed E-state index contributed by atoms with van der Waals surface area (Å²) in [5, 5.41) is 23.3. The van der Waals surface area contributed by atoms with E-state index in [9.17, 15) is 15.0 Å². The maximum atomic E-state index is 12.7. The number of hydrogen-bond acceptors (Lipinski definition) is 9. The average molecular weight is 400 g/mol. The topological polar surface area (TPSA) is 158 Å². The minimum Gasteiger partial charge on any atom is -0.497 e. The molecule has 0 spiro atoms. The molecule has 152 valence electrons. The number of nitrogen functional groups attached to an aromatic ring is 1. The molecule has 1 aliphatic rings. The van der Waals surface area contributed by atoms with Crippen molar-refractivity contribution in [3.8, 4) is 5.75 Å². The predicted octanol–water partition coefficient (Wildman–Crippen LogP) is -0.534. The van der Waals surface area contributed by atoms with Gasteiger partial charge in [0.1, 0.15) is 29.8 Å². The molecule has 2 aromatic heterocycles. The third kappa shape index (κ3) is 3.35. The molecule has 1 amide bonds. The van der Waals surface area contributed by atoms with Gasteiger partial charge in [-0.15, -0.1) is 0 Å². The van der Waals surface area contributed by atoms with Crippen molar-refractivity contribution in [2.45, 2.75) is 24.5 Å². The molecule has 29 heavy (non-hydrogen) atoms. The lowest BCUT2D eigenvalue weighted by Crippen LogP contribution is -2.48. The summed E-state index contributed by atoms with van der Waals surface area (Å²) in [6, 6.07) is 5.73. The molecule has 1 unspecified atom stereocenters. The van der Waals surface area contributed by atoms with E-state index < -0.39 is 37.0 Å². The van der Waals surface area contributed by atoms with Crippen molar-refractivity contribution in [2.24, 2.45) is 0 Å². The molecule has 4 rings (SSSR count). The minimum atomic E-state index is -1.17. The van der Waals surface area contributed by atoms with Crippen molar-refractivity contribution in [1.82, 2.24) is 24.8 Å². The number of aromatic nitrogens is 4. The number of amides is 1. The number of ether oxygens (including phenoxy) is 2. The van der Waals surface area contributed by atoms with E-state index in [0.717, 1.165) is 0 Å². The summed E-state index contributed by atoms with van der Waals surface area (Å²) < 4.78 is 12.4. The van der Waals surface area contributed by atoms with E-state index in [0.29, 0.717) is 22.5 Å². The lowest BCUT2D eigenvalue weighted by Gasteiger charge is -2.21. The highest BCUT2D eigenvalue weighted by molar-refractivity contribution is 5.94. The summed E-state index contributed by atoms with van der Waals surface area (Å²) in [4.78, 5) is 24.8. The Balaban J connectivity index is 1.59. The van der Waals surface area contributed by atoms with Crippen LogP contribution in [0.2, 0.25) is 0 Å². The van der Waals surface area contributed by atoms with Gasteiger partial charge in [0.15, 0.2) is 17.7 Å². The molecule has 3 aromatic rings. The SMILES string of the molecule is COc1cccc(C(=O)NC2[C@@H](CO)O[C@@H](n3cnc4c(N)ncnc43)[C@H]2O)c1. The van der Waals surface area contributed by atoms with Gasteiger partial charge in [-0.25, -0.2) is 15.0 Å². The number of hydrogen-bond donors (Lipinski definition) is 4. The molecule has 3 heterocycles. The first-order chi connectivity index (χ1) is 14.0. The lowest BCUT2D eigenvalue weighted by molar-refractivity contribution is -0.0489. The molecule has 1 aromatic carbocycles. The second-order valence-electron chi connectivity index (χ2n) is 6.55. The van der Waals surface area contributed by atoms with Crippen molar-refractivity contribution in [1.29, 1.82) is 0 Å². The number of methoxy groups -OCH3 is 1. The van der Waals surface area contributed by atoms with Crippen LogP contribution in [0.25, 0.3) is 11.2 Å². The molecule has 11 heteroatoms. The maximum Gasteiger partial charge on any atom is 0.251 e. The van der Waals surface area contributed by atoms with E-state index >= 15 is 0 Å². The van der Waals surface area contributed by atoms with Crippen LogP contribution in [0, 0.1) is 0 Å². The standard InChI is InChI=1S/C18H20N6O5/c1-28-10-4-2-3-9(5-10)17(27)23-12-11(6-25)29-18(14(12)26)24-8-22-13-15(19)20-7-21-16(13)24/h2-5,7-8,11-12,14,18,25-26H,6H2,1H3,(H,23,27)(H2,19,20,21)/t11-,12?,14+,18-/m1/s1. The molecule has 11 nitrogen and oxygen atoms in total. The number of nitrogens with two attached hydrogens (primary N) is 1. The zero-order chi connectivity index (χ0) is 20.5. The number of nitrogens with zero attached hydrogens (tertiary/aromatic N) is 4. The highest BCUT2D eigenvalue weighted by Crippen LogP contribution is 2.32. The number of carbonyl (C=O) groups excluding carboxylic acids is 1. The van der Waals surface area contributed by atoms with Crippen LogP contribution in [0.3, 0.4) is 0 Å². The average Bonchev–Trinajstić information content (AvgIpc) is 3.30. The van der Waals surface area contributed by atoms with Crippen LogP contribution in [0.5, 0.6) is 5.75 Å². The zero-order valence-corrected chi connectivity index (χ0v) is 15.5. The Morgan fingerprint density at radius 1 is 1.38 bits per heavy atom. The Bertz CT molecular complexity index is 1040. The summed E-state index contributed by atoms with van der Waals surface area (Å²) >= 11 is 0. The van der Waals surface area contributed by atoms with Crippen LogP contribution < -0.4 is 15.8 Å². The third-order valence-corrected chi connectivity index (χ3v) is 4.85. The van der Waals surface area contributed by atoms with Crippen molar-refractivity contribution < 1.29 is 24.5 Å². The van der Waals surface area contributed by atoms with Crippen molar-refractivity contribution in [3.63, 3.8) is 0 Å². The number of imidazole rings is 1. The molecule has 4 atom stereocenters. The summed E-state index contributed by atoms with van der Waals surface area (Å²) in [6.45, 7) is -0.402. The first-order valence-corrected chi connectivity index (χ1v) is 8.85. The molecule has 1 fully saturated rings. The Morgan fingerprint density at radius 2 is 2.21 bits per heavy atom. The van der Waals surface area contributed by atoms with E-state index in [1.54, 1.807) is 24.3 Å². The molecule has 5 N–H and O–H groups in total. The number of rotatable bonds is 5. The molecule has 0 bridgehead atoms. The van der Waals surface area contributed by atoms with Gasteiger partial charge in [0, 0.05) is 5.56 Å². The number of carbonyl (C=O) groups is 1. The second-order valence-corrected chi connectivity index (χ2v) is 6.55. The number of anilines is 1. The minimum absolute atomic E-state index is 0.197. The van der Waals surface area contributed by atoms with Crippen molar-refractivity contribution in [2.75, 3.05) is 19.5 Å². The Hall–Kier alpha value is -3.28. The number of benzene rings is 1. The second kappa shape index (κ2) is 7.62. The highest BCUT2D eigenvalue weighted by Gasteiger charge is 2.45. The van der Waals surface area contributed by atoms with Gasteiger partial charge in [0.2, 0.25) is 0 Å². The van der Waals surface area contributed by atoms with Crippen molar-refractivity contribution >= 4 is 22.9 Å². The number of fused-ring (bicyclic) bond motifs is 1. The summed E-state index contributed by atoms with van der Waals surface area (Å²) in [7, 11) is 1.50. The number of nitrogens with one attached hydrogen (secondary N) is 1. The van der Waals surface area contributed by atoms with Gasteiger partial charge in [0.25, 0.3) is 5.91 Å². The van der Waals surface area contributed by atoms with Gasteiger partial charge in [-0.1, -0.05) is 6.07 Å². The van der Waals surface area contributed by atoms with Crippen LogP contribution in [-0.2, 0) is 4.74 Å². The molecule has 0 radical (unpaired) electrons. The Morgan fingerprint density at radius 3 is 2.97 bits per heavy atom. The summed E-state index contributed by atoms with van der Waals surface area (Å²) in [6.07, 6.45) is -0.230. The van der Waals surface area contributed by atoms with E-state index in [2.05, 4.69) is 20.3 Å². The highest BCUT2D eigenvalue weighted by atomic mass is 16.5. The van der Waals surface area contributed by atoms with Gasteiger partial charge < -0.3 is 30.7 Å². The zero-order valence-electron chi connectivity index (χ0n) is 15.5. The normalized spacial score (nSPS) is 24.0. The quantitative estimate of drug-likeness (QED) is 0.442. The van der Waals surface area contributed by atoms with Gasteiger partial charge >= 0.3 is 0 Å². The first-order valence-electron chi connectivity index (χ1n) is 8.85. The van der Waals surface area contributed by atoms with E-state index in [4.69, 9.17) is 15.2 Å². The maximum absolute atomic E-state index is 12.7. The van der Waals surface area contributed by atoms with Crippen molar-refractivity contribution in [3.05, 3.63) is 42.5 Å². The lowest BCUT2D eigenvalue weighted by atomic mass is 10.1. The van der Waals surface area contributed by atoms with E-state index in [-0.39, 0.29) is 5.82 Å². The van der Waals surface area contributed by atoms with Crippen LogP contribution in [0.1, 0.15) is 16.6 Å². The molecular formula is C18H20N6O5. The summed E-state index contributed by atoms with van der Waals surface area (Å²) in [5.74, 6) is 0.292. The van der Waals surface area contributed by atoms with Crippen LogP contribution in [0.4, 0.5) is 5.82 Å². The number of aliphatic hydroxyl groups is 2. The fraction of sp³-hybridized carbons (Fsp3) is 0.333.